The number of hydrogen-bond donors (Lipinski definition) is 2. The third-order valence-corrected chi connectivity index (χ3v) is 2.72. The van der Waals surface area contributed by atoms with Crippen LogP contribution in [0.4, 0.5) is 30.2 Å². The molecule has 0 spiro atoms. The normalized spacial score (nSPS) is 10.4. The maximum Gasteiger partial charge on any atom is 0.161 e. The molecule has 0 aliphatic carbocycles. The number of Topliss-reactive ketones (excluding diaryl/α,β-unsaturated/α-hetero) is 1. The average molecular weight is 280 g/mol. The maximum absolute atomic E-state index is 13.5. The zero-order chi connectivity index (χ0) is 14.9. The van der Waals surface area contributed by atoms with Crippen LogP contribution in [-0.2, 0) is 0 Å². The van der Waals surface area contributed by atoms with E-state index in [1.807, 2.05) is 0 Å². The van der Waals surface area contributed by atoms with Gasteiger partial charge >= 0.3 is 0 Å². The number of carbonyl (C=O) groups excluding carboxylic acids is 1. The van der Waals surface area contributed by atoms with Crippen LogP contribution >= 0.6 is 0 Å². The third-order valence-electron chi connectivity index (χ3n) is 2.72. The highest BCUT2D eigenvalue weighted by atomic mass is 19.2. The second kappa shape index (κ2) is 5.24. The first kappa shape index (κ1) is 13.9. The number of rotatable bonds is 3. The van der Waals surface area contributed by atoms with Crippen molar-refractivity contribution in [1.29, 1.82) is 0 Å². The molecule has 0 saturated carbocycles. The highest BCUT2D eigenvalue weighted by Gasteiger charge is 2.11. The Kier molecular flexibility index (Phi) is 3.65. The smallest absolute Gasteiger partial charge is 0.161 e. The van der Waals surface area contributed by atoms with Crippen molar-refractivity contribution in [3.63, 3.8) is 0 Å². The Labute approximate surface area is 113 Å². The first-order valence-corrected chi connectivity index (χ1v) is 5.70. The van der Waals surface area contributed by atoms with Gasteiger partial charge in [0.1, 0.15) is 5.82 Å². The minimum absolute atomic E-state index is 0.201. The Bertz CT molecular complexity index is 686. The minimum atomic E-state index is -1.26. The molecule has 2 rings (SSSR count). The summed E-state index contributed by atoms with van der Waals surface area (Å²) in [5, 5.41) is 2.57. The SMILES string of the molecule is CC(=O)c1ccc(Nc2cc(F)c(F)cc2F)cc1N. The number of carbonyl (C=O) groups is 1. The fraction of sp³-hybridized carbons (Fsp3) is 0.0714. The van der Waals surface area contributed by atoms with Crippen LogP contribution < -0.4 is 11.1 Å². The van der Waals surface area contributed by atoms with Crippen molar-refractivity contribution >= 4 is 22.8 Å². The van der Waals surface area contributed by atoms with E-state index < -0.39 is 17.5 Å². The van der Waals surface area contributed by atoms with Crippen molar-refractivity contribution < 1.29 is 18.0 Å². The fourth-order valence-corrected chi connectivity index (χ4v) is 1.73. The first-order valence-electron chi connectivity index (χ1n) is 5.70. The zero-order valence-corrected chi connectivity index (χ0v) is 10.5. The average Bonchev–Trinajstić information content (AvgIpc) is 2.35. The number of nitrogen functional groups attached to an aromatic ring is 1. The molecule has 104 valence electrons. The lowest BCUT2D eigenvalue weighted by atomic mass is 10.1. The second-order valence-corrected chi connectivity index (χ2v) is 4.23. The molecule has 0 unspecified atom stereocenters. The molecule has 0 aliphatic heterocycles. The van der Waals surface area contributed by atoms with E-state index in [1.54, 1.807) is 0 Å². The van der Waals surface area contributed by atoms with Gasteiger partial charge in [0.2, 0.25) is 0 Å². The van der Waals surface area contributed by atoms with E-state index in [1.165, 1.54) is 25.1 Å². The van der Waals surface area contributed by atoms with Gasteiger partial charge in [-0.3, -0.25) is 4.79 Å². The summed E-state index contributed by atoms with van der Waals surface area (Å²) in [5.41, 5.74) is 6.36. The maximum atomic E-state index is 13.5. The van der Waals surface area contributed by atoms with Crippen molar-refractivity contribution in [2.75, 3.05) is 11.1 Å². The molecular weight excluding hydrogens is 269 g/mol. The summed E-state index contributed by atoms with van der Waals surface area (Å²) in [7, 11) is 0. The molecule has 0 radical (unpaired) electrons. The molecule has 3 N–H and O–H groups in total. The summed E-state index contributed by atoms with van der Waals surface area (Å²) >= 11 is 0. The van der Waals surface area contributed by atoms with Crippen molar-refractivity contribution in [2.24, 2.45) is 0 Å². The summed E-state index contributed by atoms with van der Waals surface area (Å²) in [4.78, 5) is 11.2. The van der Waals surface area contributed by atoms with Gasteiger partial charge < -0.3 is 11.1 Å². The standard InChI is InChI=1S/C14H11F3N2O/c1-7(20)9-3-2-8(4-13(9)18)19-14-6-11(16)10(15)5-12(14)17/h2-6,19H,18H2,1H3. The molecule has 0 bridgehead atoms. The molecule has 2 aromatic carbocycles. The lowest BCUT2D eigenvalue weighted by molar-refractivity contribution is 0.101. The van der Waals surface area contributed by atoms with Crippen molar-refractivity contribution in [2.45, 2.75) is 6.92 Å². The highest BCUT2D eigenvalue weighted by molar-refractivity contribution is 5.99. The molecule has 2 aromatic rings. The molecule has 0 saturated heterocycles. The molecule has 0 amide bonds. The monoisotopic (exact) mass is 280 g/mol. The Morgan fingerprint density at radius 2 is 1.70 bits per heavy atom. The number of nitrogens with one attached hydrogen (secondary N) is 1. The topological polar surface area (TPSA) is 55.1 Å². The van der Waals surface area contributed by atoms with Gasteiger partial charge in [-0.2, -0.15) is 0 Å². The van der Waals surface area contributed by atoms with Gasteiger partial charge in [-0.05, 0) is 25.1 Å². The molecule has 0 fully saturated rings. The van der Waals surface area contributed by atoms with Crippen molar-refractivity contribution in [3.8, 4) is 0 Å². The summed E-state index contributed by atoms with van der Waals surface area (Å²) in [6.07, 6.45) is 0. The zero-order valence-electron chi connectivity index (χ0n) is 10.5. The van der Waals surface area contributed by atoms with E-state index in [4.69, 9.17) is 5.73 Å². The predicted molar refractivity (Wildman–Crippen MR) is 70.5 cm³/mol. The highest BCUT2D eigenvalue weighted by Crippen LogP contribution is 2.25. The summed E-state index contributed by atoms with van der Waals surface area (Å²) in [5.74, 6) is -3.56. The van der Waals surface area contributed by atoms with E-state index in [0.717, 1.165) is 0 Å². The van der Waals surface area contributed by atoms with Gasteiger partial charge in [0.15, 0.2) is 17.4 Å². The Balaban J connectivity index is 2.33. The van der Waals surface area contributed by atoms with Crippen LogP contribution in [0.15, 0.2) is 30.3 Å². The molecular formula is C14H11F3N2O. The number of nitrogens with two attached hydrogens (primary N) is 1. The number of ketones is 1. The quantitative estimate of drug-likeness (QED) is 0.513. The fourth-order valence-electron chi connectivity index (χ4n) is 1.73. The Hall–Kier alpha value is -2.50. The molecule has 6 heteroatoms. The van der Waals surface area contributed by atoms with Crippen LogP contribution in [0, 0.1) is 17.5 Å². The lowest BCUT2D eigenvalue weighted by Gasteiger charge is -2.10. The van der Waals surface area contributed by atoms with Crippen LogP contribution in [-0.4, -0.2) is 5.78 Å². The molecule has 20 heavy (non-hydrogen) atoms. The summed E-state index contributed by atoms with van der Waals surface area (Å²) in [6.45, 7) is 1.37. The van der Waals surface area contributed by atoms with Crippen LogP contribution in [0.3, 0.4) is 0 Å². The van der Waals surface area contributed by atoms with Gasteiger partial charge in [-0.1, -0.05) is 0 Å². The van der Waals surface area contributed by atoms with E-state index in [-0.39, 0.29) is 17.2 Å². The van der Waals surface area contributed by atoms with Gasteiger partial charge in [0, 0.05) is 29.1 Å². The van der Waals surface area contributed by atoms with Crippen molar-refractivity contribution in [1.82, 2.24) is 0 Å². The van der Waals surface area contributed by atoms with Gasteiger partial charge in [-0.15, -0.1) is 0 Å². The molecule has 0 heterocycles. The number of hydrogen-bond acceptors (Lipinski definition) is 3. The second-order valence-electron chi connectivity index (χ2n) is 4.23. The summed E-state index contributed by atoms with van der Waals surface area (Å²) in [6, 6.07) is 5.54. The molecule has 3 nitrogen and oxygen atoms in total. The van der Waals surface area contributed by atoms with Gasteiger partial charge in [0.05, 0.1) is 5.69 Å². The van der Waals surface area contributed by atoms with Crippen LogP contribution in [0.5, 0.6) is 0 Å². The van der Waals surface area contributed by atoms with E-state index in [9.17, 15) is 18.0 Å². The summed E-state index contributed by atoms with van der Waals surface area (Å²) < 4.78 is 39.3. The Morgan fingerprint density at radius 1 is 1.05 bits per heavy atom. The molecule has 0 aromatic heterocycles. The number of anilines is 3. The largest absolute Gasteiger partial charge is 0.398 e. The van der Waals surface area contributed by atoms with Crippen LogP contribution in [0.25, 0.3) is 0 Å². The van der Waals surface area contributed by atoms with Gasteiger partial charge in [-0.25, -0.2) is 13.2 Å². The molecule has 0 atom stereocenters. The van der Waals surface area contributed by atoms with Crippen LogP contribution in [0.2, 0.25) is 0 Å². The van der Waals surface area contributed by atoms with E-state index >= 15 is 0 Å². The third kappa shape index (κ3) is 2.74. The van der Waals surface area contributed by atoms with E-state index in [2.05, 4.69) is 5.32 Å². The minimum Gasteiger partial charge on any atom is -0.398 e. The van der Waals surface area contributed by atoms with Crippen LogP contribution in [0.1, 0.15) is 17.3 Å². The predicted octanol–water partition coefficient (Wildman–Crippen LogP) is 3.63. The van der Waals surface area contributed by atoms with Gasteiger partial charge in [0.25, 0.3) is 0 Å². The van der Waals surface area contributed by atoms with E-state index in [0.29, 0.717) is 23.4 Å². The Morgan fingerprint density at radius 3 is 2.30 bits per heavy atom. The first-order chi connectivity index (χ1) is 9.38. The number of halogens is 3. The van der Waals surface area contributed by atoms with Crippen molar-refractivity contribution in [3.05, 3.63) is 53.3 Å². The lowest BCUT2D eigenvalue weighted by Crippen LogP contribution is -2.02. The number of benzene rings is 2. The molecule has 0 aliphatic rings.